The zero-order valence-corrected chi connectivity index (χ0v) is 9.19. The third-order valence-electron chi connectivity index (χ3n) is 2.41. The van der Waals surface area contributed by atoms with E-state index in [0.29, 0.717) is 0 Å². The van der Waals surface area contributed by atoms with Gasteiger partial charge in [-0.25, -0.2) is 9.97 Å². The Morgan fingerprint density at radius 2 is 1.93 bits per heavy atom. The van der Waals surface area contributed by atoms with Crippen molar-refractivity contribution in [3.05, 3.63) is 18.0 Å². The molecule has 1 rings (SSSR count). The average Bonchev–Trinajstić information content (AvgIpc) is 2.25. The molecule has 3 N–H and O–H groups in total. The summed E-state index contributed by atoms with van der Waals surface area (Å²) in [6.45, 7) is 2.17. The summed E-state index contributed by atoms with van der Waals surface area (Å²) in [7, 11) is 0. The number of unbranched alkanes of at least 4 members (excludes halogenated alkanes) is 3. The molecular formula is C11H19N3O. The second kappa shape index (κ2) is 6.35. The lowest BCUT2D eigenvalue weighted by molar-refractivity contribution is 0.162. The van der Waals surface area contributed by atoms with Gasteiger partial charge in [0.2, 0.25) is 5.95 Å². The maximum atomic E-state index is 9.79. The summed E-state index contributed by atoms with van der Waals surface area (Å²) in [5.41, 5.74) is 6.11. The number of aliphatic hydroxyl groups excluding tert-OH is 1. The maximum Gasteiger partial charge on any atom is 0.219 e. The molecule has 0 aromatic carbocycles. The van der Waals surface area contributed by atoms with Crippen molar-refractivity contribution in [1.82, 2.24) is 9.97 Å². The predicted molar refractivity (Wildman–Crippen MR) is 60.2 cm³/mol. The molecule has 0 bridgehead atoms. The van der Waals surface area contributed by atoms with Crippen LogP contribution in [-0.4, -0.2) is 15.1 Å². The fourth-order valence-corrected chi connectivity index (χ4v) is 1.45. The van der Waals surface area contributed by atoms with Crippen LogP contribution in [-0.2, 0) is 0 Å². The van der Waals surface area contributed by atoms with Crippen LogP contribution in [0.4, 0.5) is 5.95 Å². The van der Waals surface area contributed by atoms with Crippen molar-refractivity contribution in [1.29, 1.82) is 0 Å². The van der Waals surface area contributed by atoms with Crippen molar-refractivity contribution in [3.8, 4) is 0 Å². The lowest BCUT2D eigenvalue weighted by Gasteiger charge is -2.09. The summed E-state index contributed by atoms with van der Waals surface area (Å²) in [5.74, 6) is 0.247. The van der Waals surface area contributed by atoms with E-state index in [4.69, 9.17) is 5.73 Å². The standard InChI is InChI=1S/C11H19N3O/c1-2-3-4-5-6-10(15)9-7-13-11(12)14-8-9/h7-8,10,15H,2-6H2,1H3,(H2,12,13,14)/t10-/m0/s1. The monoisotopic (exact) mass is 209 g/mol. The number of nitrogens with zero attached hydrogens (tertiary/aromatic N) is 2. The molecule has 0 aliphatic rings. The summed E-state index contributed by atoms with van der Waals surface area (Å²) < 4.78 is 0. The van der Waals surface area contributed by atoms with Crippen LogP contribution in [0.5, 0.6) is 0 Å². The first-order valence-corrected chi connectivity index (χ1v) is 5.49. The highest BCUT2D eigenvalue weighted by Crippen LogP contribution is 2.18. The Morgan fingerprint density at radius 1 is 1.27 bits per heavy atom. The fourth-order valence-electron chi connectivity index (χ4n) is 1.45. The van der Waals surface area contributed by atoms with E-state index in [1.807, 2.05) is 0 Å². The van der Waals surface area contributed by atoms with E-state index < -0.39 is 6.10 Å². The average molecular weight is 209 g/mol. The van der Waals surface area contributed by atoms with Crippen LogP contribution in [0.15, 0.2) is 12.4 Å². The van der Waals surface area contributed by atoms with E-state index in [1.54, 1.807) is 12.4 Å². The lowest BCUT2D eigenvalue weighted by atomic mass is 10.1. The number of nitrogens with two attached hydrogens (primary N) is 1. The number of anilines is 1. The van der Waals surface area contributed by atoms with E-state index in [1.165, 1.54) is 19.3 Å². The number of aliphatic hydroxyl groups is 1. The van der Waals surface area contributed by atoms with Crippen LogP contribution in [0.1, 0.15) is 50.7 Å². The first-order chi connectivity index (χ1) is 7.24. The minimum absolute atomic E-state index is 0.247. The third-order valence-corrected chi connectivity index (χ3v) is 2.41. The molecule has 4 heteroatoms. The van der Waals surface area contributed by atoms with Crippen molar-refractivity contribution in [2.45, 2.75) is 45.1 Å². The molecule has 0 saturated heterocycles. The van der Waals surface area contributed by atoms with Gasteiger partial charge < -0.3 is 10.8 Å². The highest BCUT2D eigenvalue weighted by Gasteiger charge is 2.07. The second-order valence-electron chi connectivity index (χ2n) is 3.74. The molecule has 4 nitrogen and oxygen atoms in total. The summed E-state index contributed by atoms with van der Waals surface area (Å²) in [4.78, 5) is 7.70. The molecule has 1 aromatic rings. The SMILES string of the molecule is CCCCCC[C@H](O)c1cnc(N)nc1. The molecule has 0 aliphatic heterocycles. The maximum absolute atomic E-state index is 9.79. The van der Waals surface area contributed by atoms with Gasteiger partial charge >= 0.3 is 0 Å². The third kappa shape index (κ3) is 4.25. The molecule has 15 heavy (non-hydrogen) atoms. The van der Waals surface area contributed by atoms with Gasteiger partial charge in [-0.1, -0.05) is 32.6 Å². The molecule has 84 valence electrons. The van der Waals surface area contributed by atoms with Crippen LogP contribution in [0.25, 0.3) is 0 Å². The van der Waals surface area contributed by atoms with Gasteiger partial charge in [0.1, 0.15) is 0 Å². The van der Waals surface area contributed by atoms with E-state index >= 15 is 0 Å². The minimum Gasteiger partial charge on any atom is -0.388 e. The van der Waals surface area contributed by atoms with Crippen molar-refractivity contribution < 1.29 is 5.11 Å². The van der Waals surface area contributed by atoms with Crippen molar-refractivity contribution >= 4 is 5.95 Å². The van der Waals surface area contributed by atoms with E-state index in [9.17, 15) is 5.11 Å². The van der Waals surface area contributed by atoms with E-state index in [2.05, 4.69) is 16.9 Å². The smallest absolute Gasteiger partial charge is 0.219 e. The van der Waals surface area contributed by atoms with Crippen LogP contribution in [0, 0.1) is 0 Å². The van der Waals surface area contributed by atoms with Gasteiger partial charge in [0.25, 0.3) is 0 Å². The molecule has 1 aromatic heterocycles. The first-order valence-electron chi connectivity index (χ1n) is 5.49. The van der Waals surface area contributed by atoms with Crippen molar-refractivity contribution in [2.75, 3.05) is 5.73 Å². The summed E-state index contributed by atoms with van der Waals surface area (Å²) in [6, 6.07) is 0. The Balaban J connectivity index is 2.33. The van der Waals surface area contributed by atoms with Gasteiger partial charge in [-0.3, -0.25) is 0 Å². The zero-order valence-electron chi connectivity index (χ0n) is 9.19. The Morgan fingerprint density at radius 3 is 2.53 bits per heavy atom. The first kappa shape index (κ1) is 11.9. The normalized spacial score (nSPS) is 12.7. The van der Waals surface area contributed by atoms with Crippen LogP contribution in [0.3, 0.4) is 0 Å². The van der Waals surface area contributed by atoms with Gasteiger partial charge in [0, 0.05) is 18.0 Å². The molecule has 0 fully saturated rings. The number of hydrogen-bond acceptors (Lipinski definition) is 4. The Bertz CT molecular complexity index is 274. The summed E-state index contributed by atoms with van der Waals surface area (Å²) in [5, 5.41) is 9.79. The zero-order chi connectivity index (χ0) is 11.1. The largest absolute Gasteiger partial charge is 0.388 e. The predicted octanol–water partition coefficient (Wildman–Crippen LogP) is 2.06. The van der Waals surface area contributed by atoms with Gasteiger partial charge in [-0.2, -0.15) is 0 Å². The topological polar surface area (TPSA) is 72.0 Å². The van der Waals surface area contributed by atoms with E-state index in [-0.39, 0.29) is 5.95 Å². The van der Waals surface area contributed by atoms with Gasteiger partial charge in [-0.15, -0.1) is 0 Å². The molecular weight excluding hydrogens is 190 g/mol. The van der Waals surface area contributed by atoms with Crippen molar-refractivity contribution in [2.24, 2.45) is 0 Å². The fraction of sp³-hybridized carbons (Fsp3) is 0.636. The number of rotatable bonds is 6. The lowest BCUT2D eigenvalue weighted by Crippen LogP contribution is -2.01. The molecule has 1 atom stereocenters. The Hall–Kier alpha value is -1.16. The molecule has 0 amide bonds. The quantitative estimate of drug-likeness (QED) is 0.703. The van der Waals surface area contributed by atoms with Gasteiger partial charge in [0.05, 0.1) is 6.10 Å². The van der Waals surface area contributed by atoms with Crippen LogP contribution < -0.4 is 5.73 Å². The summed E-state index contributed by atoms with van der Waals surface area (Å²) in [6.07, 6.45) is 8.14. The number of nitrogen functional groups attached to an aromatic ring is 1. The molecule has 0 saturated carbocycles. The van der Waals surface area contributed by atoms with Crippen molar-refractivity contribution in [3.63, 3.8) is 0 Å². The Labute approximate surface area is 90.6 Å². The van der Waals surface area contributed by atoms with Gasteiger partial charge in [0.15, 0.2) is 0 Å². The van der Waals surface area contributed by atoms with Crippen LogP contribution in [0.2, 0.25) is 0 Å². The number of aromatic nitrogens is 2. The second-order valence-corrected chi connectivity index (χ2v) is 3.74. The minimum atomic E-state index is -0.456. The Kier molecular flexibility index (Phi) is 5.04. The highest BCUT2D eigenvalue weighted by atomic mass is 16.3. The molecule has 1 heterocycles. The van der Waals surface area contributed by atoms with E-state index in [0.717, 1.165) is 18.4 Å². The van der Waals surface area contributed by atoms with Gasteiger partial charge in [-0.05, 0) is 6.42 Å². The molecule has 0 radical (unpaired) electrons. The molecule has 0 unspecified atom stereocenters. The molecule has 0 spiro atoms. The number of hydrogen-bond donors (Lipinski definition) is 2. The molecule has 0 aliphatic carbocycles. The summed E-state index contributed by atoms with van der Waals surface area (Å²) >= 11 is 0. The van der Waals surface area contributed by atoms with Crippen LogP contribution >= 0.6 is 0 Å². The highest BCUT2D eigenvalue weighted by molar-refractivity contribution is 5.18.